The standard InChI is InChI=1S/C22H24ClN3O4/c1-4-22(16-8-10-17(23)11-9-16)20(28)26(21(29)24-22)14-19(27)25(2)13-15-6-5-7-18(12-15)30-3/h5-12H,4,13-14H2,1-3H3,(H,24,29). The molecule has 0 radical (unpaired) electrons. The smallest absolute Gasteiger partial charge is 0.325 e. The molecule has 1 heterocycles. The Labute approximate surface area is 180 Å². The Morgan fingerprint density at radius 2 is 1.90 bits per heavy atom. The first kappa shape index (κ1) is 21.6. The van der Waals surface area contributed by atoms with E-state index in [9.17, 15) is 14.4 Å². The van der Waals surface area contributed by atoms with Crippen LogP contribution in [0.2, 0.25) is 5.02 Å². The molecule has 1 aliphatic rings. The molecule has 2 aromatic carbocycles. The lowest BCUT2D eigenvalue weighted by atomic mass is 9.87. The number of carbonyl (C=O) groups excluding carboxylic acids is 3. The van der Waals surface area contributed by atoms with E-state index in [1.54, 1.807) is 38.4 Å². The lowest BCUT2D eigenvalue weighted by molar-refractivity contribution is -0.138. The topological polar surface area (TPSA) is 79.0 Å². The molecule has 7 nitrogen and oxygen atoms in total. The van der Waals surface area contributed by atoms with Gasteiger partial charge in [-0.05, 0) is 41.8 Å². The molecule has 1 unspecified atom stereocenters. The van der Waals surface area contributed by atoms with Gasteiger partial charge in [0.25, 0.3) is 5.91 Å². The predicted octanol–water partition coefficient (Wildman–Crippen LogP) is 3.16. The number of imide groups is 1. The summed E-state index contributed by atoms with van der Waals surface area (Å²) in [6, 6.07) is 13.6. The minimum Gasteiger partial charge on any atom is -0.497 e. The predicted molar refractivity (Wildman–Crippen MR) is 113 cm³/mol. The van der Waals surface area contributed by atoms with E-state index in [0.717, 1.165) is 10.5 Å². The van der Waals surface area contributed by atoms with Crippen LogP contribution in [0.4, 0.5) is 4.79 Å². The quantitative estimate of drug-likeness (QED) is 0.686. The van der Waals surface area contributed by atoms with E-state index < -0.39 is 17.5 Å². The number of hydrogen-bond acceptors (Lipinski definition) is 4. The molecule has 158 valence electrons. The molecule has 4 amide bonds. The van der Waals surface area contributed by atoms with Crippen LogP contribution < -0.4 is 10.1 Å². The highest BCUT2D eigenvalue weighted by Gasteiger charge is 2.51. The average Bonchev–Trinajstić information content (AvgIpc) is 2.99. The molecule has 1 saturated heterocycles. The maximum absolute atomic E-state index is 13.2. The molecule has 0 aliphatic carbocycles. The van der Waals surface area contributed by atoms with Gasteiger partial charge in [0, 0.05) is 18.6 Å². The molecule has 3 rings (SSSR count). The second kappa shape index (κ2) is 8.75. The van der Waals surface area contributed by atoms with E-state index in [2.05, 4.69) is 5.32 Å². The Morgan fingerprint density at radius 3 is 2.53 bits per heavy atom. The summed E-state index contributed by atoms with van der Waals surface area (Å²) in [4.78, 5) is 40.9. The molecule has 1 aliphatic heterocycles. The zero-order chi connectivity index (χ0) is 21.9. The number of hydrogen-bond donors (Lipinski definition) is 1. The van der Waals surface area contributed by atoms with Crippen LogP contribution in [0, 0.1) is 0 Å². The lowest BCUT2D eigenvalue weighted by Gasteiger charge is -2.26. The van der Waals surface area contributed by atoms with Gasteiger partial charge < -0.3 is 15.0 Å². The van der Waals surface area contributed by atoms with Crippen molar-refractivity contribution in [2.24, 2.45) is 0 Å². The van der Waals surface area contributed by atoms with Crippen molar-refractivity contribution in [3.8, 4) is 5.75 Å². The molecular weight excluding hydrogens is 406 g/mol. The molecule has 2 aromatic rings. The number of rotatable bonds is 7. The molecule has 1 atom stereocenters. The number of ether oxygens (including phenoxy) is 1. The van der Waals surface area contributed by atoms with Crippen LogP contribution in [0.5, 0.6) is 5.75 Å². The Bertz CT molecular complexity index is 963. The maximum Gasteiger partial charge on any atom is 0.325 e. The monoisotopic (exact) mass is 429 g/mol. The summed E-state index contributed by atoms with van der Waals surface area (Å²) in [5.41, 5.74) is 0.312. The van der Waals surface area contributed by atoms with Gasteiger partial charge in [0.1, 0.15) is 17.8 Å². The molecule has 0 spiro atoms. The van der Waals surface area contributed by atoms with Crippen LogP contribution in [-0.2, 0) is 21.7 Å². The van der Waals surface area contributed by atoms with Gasteiger partial charge in [-0.25, -0.2) is 4.79 Å². The van der Waals surface area contributed by atoms with Crippen molar-refractivity contribution in [1.29, 1.82) is 0 Å². The van der Waals surface area contributed by atoms with Crippen molar-refractivity contribution in [3.63, 3.8) is 0 Å². The first-order valence-corrected chi connectivity index (χ1v) is 9.95. The van der Waals surface area contributed by atoms with Gasteiger partial charge in [-0.3, -0.25) is 14.5 Å². The third-order valence-corrected chi connectivity index (χ3v) is 5.57. The number of nitrogens with zero attached hydrogens (tertiary/aromatic N) is 2. The molecular formula is C22H24ClN3O4. The Balaban J connectivity index is 1.74. The molecule has 30 heavy (non-hydrogen) atoms. The molecule has 0 bridgehead atoms. The van der Waals surface area contributed by atoms with E-state index in [1.165, 1.54) is 4.90 Å². The van der Waals surface area contributed by atoms with Crippen LogP contribution in [-0.4, -0.2) is 48.3 Å². The number of likely N-dealkylation sites (N-methyl/N-ethyl adjacent to an activating group) is 1. The maximum atomic E-state index is 13.2. The number of urea groups is 1. The third kappa shape index (κ3) is 4.11. The highest BCUT2D eigenvalue weighted by molar-refractivity contribution is 6.30. The third-order valence-electron chi connectivity index (χ3n) is 5.32. The van der Waals surface area contributed by atoms with E-state index in [4.69, 9.17) is 16.3 Å². The molecule has 1 fully saturated rings. The molecule has 1 N–H and O–H groups in total. The summed E-state index contributed by atoms with van der Waals surface area (Å²) >= 11 is 5.95. The van der Waals surface area contributed by atoms with Gasteiger partial charge in [0.15, 0.2) is 0 Å². The highest BCUT2D eigenvalue weighted by Crippen LogP contribution is 2.33. The SMILES string of the molecule is CCC1(c2ccc(Cl)cc2)NC(=O)N(CC(=O)N(C)Cc2cccc(OC)c2)C1=O. The summed E-state index contributed by atoms with van der Waals surface area (Å²) in [7, 11) is 3.21. The zero-order valence-electron chi connectivity index (χ0n) is 17.1. The van der Waals surface area contributed by atoms with Crippen molar-refractivity contribution in [2.45, 2.75) is 25.4 Å². The fourth-order valence-corrected chi connectivity index (χ4v) is 3.66. The number of amides is 4. The highest BCUT2D eigenvalue weighted by atomic mass is 35.5. The molecule has 0 aromatic heterocycles. The van der Waals surface area contributed by atoms with Gasteiger partial charge in [-0.15, -0.1) is 0 Å². The van der Waals surface area contributed by atoms with Crippen molar-refractivity contribution in [1.82, 2.24) is 15.1 Å². The summed E-state index contributed by atoms with van der Waals surface area (Å²) in [5.74, 6) is -0.0945. The minimum atomic E-state index is -1.20. The average molecular weight is 430 g/mol. The number of halogens is 1. The largest absolute Gasteiger partial charge is 0.497 e. The van der Waals surface area contributed by atoms with Crippen molar-refractivity contribution in [2.75, 3.05) is 20.7 Å². The summed E-state index contributed by atoms with van der Waals surface area (Å²) in [6.45, 7) is 1.81. The summed E-state index contributed by atoms with van der Waals surface area (Å²) in [6.07, 6.45) is 0.351. The van der Waals surface area contributed by atoms with Gasteiger partial charge in [-0.1, -0.05) is 42.8 Å². The van der Waals surface area contributed by atoms with Crippen molar-refractivity contribution >= 4 is 29.4 Å². The number of methoxy groups -OCH3 is 1. The van der Waals surface area contributed by atoms with Crippen LogP contribution >= 0.6 is 11.6 Å². The van der Waals surface area contributed by atoms with Gasteiger partial charge in [-0.2, -0.15) is 0 Å². The number of nitrogens with one attached hydrogen (secondary N) is 1. The Morgan fingerprint density at radius 1 is 1.20 bits per heavy atom. The normalized spacial score (nSPS) is 18.3. The Hall–Kier alpha value is -3.06. The lowest BCUT2D eigenvalue weighted by Crippen LogP contribution is -2.45. The number of benzene rings is 2. The fourth-order valence-electron chi connectivity index (χ4n) is 3.53. The van der Waals surface area contributed by atoms with E-state index in [-0.39, 0.29) is 12.5 Å². The molecule has 8 heteroatoms. The second-order valence-corrected chi connectivity index (χ2v) is 7.62. The van der Waals surface area contributed by atoms with E-state index >= 15 is 0 Å². The van der Waals surface area contributed by atoms with Crippen LogP contribution in [0.15, 0.2) is 48.5 Å². The van der Waals surface area contributed by atoms with Gasteiger partial charge >= 0.3 is 6.03 Å². The van der Waals surface area contributed by atoms with Crippen LogP contribution in [0.25, 0.3) is 0 Å². The van der Waals surface area contributed by atoms with Gasteiger partial charge in [0.05, 0.1) is 7.11 Å². The summed E-state index contributed by atoms with van der Waals surface area (Å²) in [5, 5.41) is 3.30. The number of carbonyl (C=O) groups is 3. The van der Waals surface area contributed by atoms with Crippen LogP contribution in [0.1, 0.15) is 24.5 Å². The van der Waals surface area contributed by atoms with Gasteiger partial charge in [0.2, 0.25) is 5.91 Å². The van der Waals surface area contributed by atoms with Crippen LogP contribution in [0.3, 0.4) is 0 Å². The van der Waals surface area contributed by atoms with Crippen molar-refractivity contribution in [3.05, 3.63) is 64.7 Å². The first-order valence-electron chi connectivity index (χ1n) is 9.57. The van der Waals surface area contributed by atoms with E-state index in [1.807, 2.05) is 31.2 Å². The van der Waals surface area contributed by atoms with E-state index in [0.29, 0.717) is 29.3 Å². The fraction of sp³-hybridized carbons (Fsp3) is 0.318. The molecule has 0 saturated carbocycles. The second-order valence-electron chi connectivity index (χ2n) is 7.19. The first-order chi connectivity index (χ1) is 14.3. The zero-order valence-corrected chi connectivity index (χ0v) is 17.9. The minimum absolute atomic E-state index is 0.329. The Kier molecular flexibility index (Phi) is 6.31. The summed E-state index contributed by atoms with van der Waals surface area (Å²) < 4.78 is 5.20. The van der Waals surface area contributed by atoms with Crippen molar-refractivity contribution < 1.29 is 19.1 Å².